The molecule has 1 unspecified atom stereocenters. The fourth-order valence-electron chi connectivity index (χ4n) is 3.77. The molecule has 0 spiro atoms. The highest BCUT2D eigenvalue weighted by molar-refractivity contribution is 5.79. The number of aromatic nitrogens is 2. The summed E-state index contributed by atoms with van der Waals surface area (Å²) in [4.78, 5) is 19.0. The number of amides is 1. The molecular formula is C23H25N3O2. The number of benzene rings is 2. The van der Waals surface area contributed by atoms with Gasteiger partial charge in [-0.2, -0.15) is 4.98 Å². The summed E-state index contributed by atoms with van der Waals surface area (Å²) in [5, 5.41) is 4.16. The van der Waals surface area contributed by atoms with Crippen LogP contribution in [-0.4, -0.2) is 20.9 Å². The zero-order valence-corrected chi connectivity index (χ0v) is 16.6. The largest absolute Gasteiger partial charge is 0.337 e. The molecule has 0 radical (unpaired) electrons. The second-order valence-corrected chi connectivity index (χ2v) is 7.51. The van der Waals surface area contributed by atoms with Gasteiger partial charge in [0, 0.05) is 18.5 Å². The van der Waals surface area contributed by atoms with E-state index in [-0.39, 0.29) is 11.9 Å². The molecule has 0 aliphatic carbocycles. The van der Waals surface area contributed by atoms with Crippen molar-refractivity contribution in [3.8, 4) is 11.4 Å². The van der Waals surface area contributed by atoms with Gasteiger partial charge in [-0.05, 0) is 43.4 Å². The van der Waals surface area contributed by atoms with Crippen molar-refractivity contribution >= 4 is 5.91 Å². The van der Waals surface area contributed by atoms with Gasteiger partial charge in [0.15, 0.2) is 0 Å². The van der Waals surface area contributed by atoms with Crippen LogP contribution < -0.4 is 0 Å². The Morgan fingerprint density at radius 1 is 1.14 bits per heavy atom. The summed E-state index contributed by atoms with van der Waals surface area (Å²) < 4.78 is 5.57. The SMILES string of the molecule is CCc1ccc(-c2noc(C3CCC(=O)N3Cc3ccc(C)cc3C)n2)cc1. The van der Waals surface area contributed by atoms with Crippen LogP contribution in [0.2, 0.25) is 0 Å². The second-order valence-electron chi connectivity index (χ2n) is 7.51. The number of carbonyl (C=O) groups is 1. The maximum absolute atomic E-state index is 12.5. The molecule has 1 aliphatic heterocycles. The molecule has 1 saturated heterocycles. The first-order valence-corrected chi connectivity index (χ1v) is 9.83. The normalized spacial score (nSPS) is 16.8. The highest BCUT2D eigenvalue weighted by Gasteiger charge is 2.36. The van der Waals surface area contributed by atoms with Crippen molar-refractivity contribution in [1.82, 2.24) is 15.0 Å². The number of rotatable bonds is 5. The topological polar surface area (TPSA) is 59.2 Å². The van der Waals surface area contributed by atoms with E-state index < -0.39 is 0 Å². The monoisotopic (exact) mass is 375 g/mol. The molecule has 4 rings (SSSR count). The van der Waals surface area contributed by atoms with Crippen LogP contribution in [0.3, 0.4) is 0 Å². The summed E-state index contributed by atoms with van der Waals surface area (Å²) in [6, 6.07) is 14.4. The van der Waals surface area contributed by atoms with Gasteiger partial charge in [0.2, 0.25) is 17.6 Å². The Kier molecular flexibility index (Phi) is 4.99. The minimum atomic E-state index is -0.163. The fourth-order valence-corrected chi connectivity index (χ4v) is 3.77. The van der Waals surface area contributed by atoms with E-state index in [1.165, 1.54) is 16.7 Å². The average molecular weight is 375 g/mol. The van der Waals surface area contributed by atoms with Crippen LogP contribution in [-0.2, 0) is 17.8 Å². The third-order valence-electron chi connectivity index (χ3n) is 5.51. The Morgan fingerprint density at radius 3 is 2.64 bits per heavy atom. The molecule has 3 aromatic rings. The first-order chi connectivity index (χ1) is 13.5. The Labute approximate surface area is 165 Å². The molecule has 5 nitrogen and oxygen atoms in total. The number of carbonyl (C=O) groups excluding carboxylic acids is 1. The first kappa shape index (κ1) is 18.4. The van der Waals surface area contributed by atoms with Gasteiger partial charge in [-0.3, -0.25) is 4.79 Å². The molecule has 1 amide bonds. The highest BCUT2D eigenvalue weighted by atomic mass is 16.5. The Bertz CT molecular complexity index is 991. The third kappa shape index (κ3) is 3.57. The van der Waals surface area contributed by atoms with E-state index in [9.17, 15) is 4.79 Å². The van der Waals surface area contributed by atoms with Crippen molar-refractivity contribution in [3.63, 3.8) is 0 Å². The van der Waals surface area contributed by atoms with Gasteiger partial charge in [0.1, 0.15) is 6.04 Å². The standard InChI is InChI=1S/C23H25N3O2/c1-4-17-6-9-18(10-7-17)22-24-23(28-25-22)20-11-12-21(27)26(20)14-19-8-5-15(2)13-16(19)3/h5-10,13,20H,4,11-12,14H2,1-3H3. The summed E-state index contributed by atoms with van der Waals surface area (Å²) in [6.45, 7) is 6.86. The van der Waals surface area contributed by atoms with Crippen molar-refractivity contribution < 1.29 is 9.32 Å². The molecule has 1 fully saturated rings. The lowest BCUT2D eigenvalue weighted by atomic mass is 10.0. The summed E-state index contributed by atoms with van der Waals surface area (Å²) in [7, 11) is 0. The molecule has 1 atom stereocenters. The van der Waals surface area contributed by atoms with Gasteiger partial charge < -0.3 is 9.42 Å². The zero-order chi connectivity index (χ0) is 19.7. The van der Waals surface area contributed by atoms with E-state index in [1.54, 1.807) is 0 Å². The molecule has 2 aromatic carbocycles. The van der Waals surface area contributed by atoms with Crippen LogP contribution in [0.1, 0.15) is 54.0 Å². The lowest BCUT2D eigenvalue weighted by molar-refractivity contribution is -0.130. The predicted molar refractivity (Wildman–Crippen MR) is 108 cm³/mol. The summed E-state index contributed by atoms with van der Waals surface area (Å²) >= 11 is 0. The minimum absolute atomic E-state index is 0.136. The number of aryl methyl sites for hydroxylation is 3. The Hall–Kier alpha value is -2.95. The molecule has 1 aromatic heterocycles. The highest BCUT2D eigenvalue weighted by Crippen LogP contribution is 2.34. The van der Waals surface area contributed by atoms with Crippen molar-refractivity contribution in [1.29, 1.82) is 0 Å². The number of nitrogens with zero attached hydrogens (tertiary/aromatic N) is 3. The predicted octanol–water partition coefficient (Wildman–Crippen LogP) is 4.78. The number of likely N-dealkylation sites (tertiary alicyclic amines) is 1. The fraction of sp³-hybridized carbons (Fsp3) is 0.348. The van der Waals surface area contributed by atoms with Gasteiger partial charge in [0.25, 0.3) is 0 Å². The van der Waals surface area contributed by atoms with Crippen LogP contribution in [0.4, 0.5) is 0 Å². The molecule has 144 valence electrons. The Morgan fingerprint density at radius 2 is 1.93 bits per heavy atom. The molecule has 28 heavy (non-hydrogen) atoms. The van der Waals surface area contributed by atoms with Crippen LogP contribution in [0.15, 0.2) is 47.0 Å². The Balaban J connectivity index is 1.57. The summed E-state index contributed by atoms with van der Waals surface area (Å²) in [5.74, 6) is 1.23. The van der Waals surface area contributed by atoms with Gasteiger partial charge in [-0.25, -0.2) is 0 Å². The van der Waals surface area contributed by atoms with E-state index in [4.69, 9.17) is 4.52 Å². The number of hydrogen-bond acceptors (Lipinski definition) is 4. The van der Waals surface area contributed by atoms with Crippen LogP contribution in [0.25, 0.3) is 11.4 Å². The molecule has 1 aliphatic rings. The smallest absolute Gasteiger partial charge is 0.249 e. The summed E-state index contributed by atoms with van der Waals surface area (Å²) in [5.41, 5.74) is 5.77. The van der Waals surface area contributed by atoms with E-state index in [2.05, 4.69) is 61.2 Å². The van der Waals surface area contributed by atoms with E-state index >= 15 is 0 Å². The molecular weight excluding hydrogens is 350 g/mol. The molecule has 0 saturated carbocycles. The molecule has 0 N–H and O–H groups in total. The van der Waals surface area contributed by atoms with E-state index in [0.717, 1.165) is 17.5 Å². The van der Waals surface area contributed by atoms with Crippen molar-refractivity contribution in [2.75, 3.05) is 0 Å². The quantitative estimate of drug-likeness (QED) is 0.644. The van der Waals surface area contributed by atoms with Gasteiger partial charge in [-0.1, -0.05) is 60.1 Å². The van der Waals surface area contributed by atoms with Crippen LogP contribution >= 0.6 is 0 Å². The van der Waals surface area contributed by atoms with E-state index in [1.807, 2.05) is 17.0 Å². The van der Waals surface area contributed by atoms with Crippen LogP contribution in [0.5, 0.6) is 0 Å². The van der Waals surface area contributed by atoms with Crippen molar-refractivity contribution in [2.45, 2.75) is 52.6 Å². The second kappa shape index (κ2) is 7.58. The zero-order valence-electron chi connectivity index (χ0n) is 16.6. The molecule has 2 heterocycles. The summed E-state index contributed by atoms with van der Waals surface area (Å²) in [6.07, 6.45) is 2.22. The van der Waals surface area contributed by atoms with Crippen molar-refractivity contribution in [2.24, 2.45) is 0 Å². The van der Waals surface area contributed by atoms with Crippen molar-refractivity contribution in [3.05, 3.63) is 70.6 Å². The number of hydrogen-bond donors (Lipinski definition) is 0. The maximum Gasteiger partial charge on any atom is 0.249 e. The lowest BCUT2D eigenvalue weighted by Crippen LogP contribution is -2.27. The van der Waals surface area contributed by atoms with Crippen LogP contribution in [0, 0.1) is 13.8 Å². The van der Waals surface area contributed by atoms with E-state index in [0.29, 0.717) is 31.1 Å². The average Bonchev–Trinajstić information content (AvgIpc) is 3.31. The van der Waals surface area contributed by atoms with Gasteiger partial charge in [0.05, 0.1) is 0 Å². The third-order valence-corrected chi connectivity index (χ3v) is 5.51. The molecule has 5 heteroatoms. The van der Waals surface area contributed by atoms with Gasteiger partial charge in [-0.15, -0.1) is 0 Å². The van der Waals surface area contributed by atoms with Gasteiger partial charge >= 0.3 is 0 Å². The maximum atomic E-state index is 12.5. The first-order valence-electron chi connectivity index (χ1n) is 9.83. The molecule has 0 bridgehead atoms. The lowest BCUT2D eigenvalue weighted by Gasteiger charge is -2.23. The minimum Gasteiger partial charge on any atom is -0.337 e.